The standard InChI is InChI=1S/C29H51NO22/c30-4-2-1-3-5-45-26-18(40)14(36)21(10(7-32)47-26)50-29-20(42)16(38)23(24(52-29)25(43)44)51-28-19(41)15(37)22(11(8-33)48-28)49-27-17(39)13(35)12(34)9(6-31)46-27/h9-24,26-29,31-42H,1-8,30H2,(H,43,44)/t9?,10?,11?,12-,13+,14-,15-,16-,17?,18?,19?,20?,21-,22+,23+,24?,26-,27-,28-,29-/m1/s1. The molecule has 20 atom stereocenters. The van der Waals surface area contributed by atoms with E-state index < -0.39 is 149 Å². The molecule has 0 spiro atoms. The van der Waals surface area contributed by atoms with Crippen molar-refractivity contribution in [2.24, 2.45) is 5.73 Å². The molecule has 0 aromatic rings. The van der Waals surface area contributed by atoms with Gasteiger partial charge in [-0.3, -0.25) is 0 Å². The summed E-state index contributed by atoms with van der Waals surface area (Å²) in [5, 5.41) is 135. The molecule has 0 amide bonds. The average molecular weight is 766 g/mol. The lowest BCUT2D eigenvalue weighted by molar-refractivity contribution is -0.385. The highest BCUT2D eigenvalue weighted by atomic mass is 16.8. The molecule has 304 valence electrons. The fourth-order valence-electron chi connectivity index (χ4n) is 6.26. The maximum absolute atomic E-state index is 12.3. The van der Waals surface area contributed by atoms with Gasteiger partial charge in [0.1, 0.15) is 91.6 Å². The summed E-state index contributed by atoms with van der Waals surface area (Å²) < 4.78 is 43.6. The minimum Gasteiger partial charge on any atom is -0.479 e. The molecular weight excluding hydrogens is 714 g/mol. The first-order valence-corrected chi connectivity index (χ1v) is 16.8. The van der Waals surface area contributed by atoms with E-state index in [9.17, 15) is 71.2 Å². The second-order valence-electron chi connectivity index (χ2n) is 12.9. The molecule has 0 radical (unpaired) electrons. The summed E-state index contributed by atoms with van der Waals surface area (Å²) in [5.74, 6) is -1.79. The summed E-state index contributed by atoms with van der Waals surface area (Å²) >= 11 is 0. The Bertz CT molecular complexity index is 1090. The van der Waals surface area contributed by atoms with Crippen LogP contribution in [0.3, 0.4) is 0 Å². The van der Waals surface area contributed by atoms with Crippen molar-refractivity contribution in [1.82, 2.24) is 0 Å². The lowest BCUT2D eigenvalue weighted by atomic mass is 9.95. The average Bonchev–Trinajstić information content (AvgIpc) is 3.13. The normalized spacial score (nSPS) is 47.3. The highest BCUT2D eigenvalue weighted by Crippen LogP contribution is 2.34. The van der Waals surface area contributed by atoms with Crippen molar-refractivity contribution in [3.05, 3.63) is 0 Å². The van der Waals surface area contributed by atoms with E-state index in [0.29, 0.717) is 13.0 Å². The van der Waals surface area contributed by atoms with Gasteiger partial charge in [0.15, 0.2) is 31.3 Å². The van der Waals surface area contributed by atoms with Crippen molar-refractivity contribution in [1.29, 1.82) is 0 Å². The Balaban J connectivity index is 1.42. The Kier molecular flexibility index (Phi) is 16.2. The third kappa shape index (κ3) is 9.52. The van der Waals surface area contributed by atoms with E-state index in [1.807, 2.05) is 0 Å². The summed E-state index contributed by atoms with van der Waals surface area (Å²) in [6.07, 6.45) is -35.0. The highest BCUT2D eigenvalue weighted by Gasteiger charge is 2.56. The number of hydrogen-bond acceptors (Lipinski definition) is 22. The summed E-state index contributed by atoms with van der Waals surface area (Å²) in [4.78, 5) is 12.3. The maximum Gasteiger partial charge on any atom is 0.335 e. The van der Waals surface area contributed by atoms with E-state index in [1.54, 1.807) is 0 Å². The van der Waals surface area contributed by atoms with Crippen LogP contribution in [0.15, 0.2) is 0 Å². The maximum atomic E-state index is 12.3. The molecule has 4 aliphatic rings. The number of carboxylic acids is 1. The first kappa shape index (κ1) is 43.4. The predicted octanol–water partition coefficient (Wildman–Crippen LogP) is -8.50. The van der Waals surface area contributed by atoms with E-state index in [1.165, 1.54) is 0 Å². The van der Waals surface area contributed by atoms with Crippen molar-refractivity contribution >= 4 is 5.97 Å². The van der Waals surface area contributed by atoms with Crippen LogP contribution in [0, 0.1) is 0 Å². The molecule has 0 aromatic carbocycles. The van der Waals surface area contributed by atoms with Gasteiger partial charge < -0.3 is 110 Å². The molecule has 4 heterocycles. The smallest absolute Gasteiger partial charge is 0.335 e. The van der Waals surface area contributed by atoms with E-state index in [2.05, 4.69) is 0 Å². The van der Waals surface area contributed by atoms with Crippen LogP contribution in [0.25, 0.3) is 0 Å². The second kappa shape index (κ2) is 19.5. The van der Waals surface area contributed by atoms with E-state index >= 15 is 0 Å². The zero-order valence-electron chi connectivity index (χ0n) is 27.8. The fraction of sp³-hybridized carbons (Fsp3) is 0.966. The first-order chi connectivity index (χ1) is 24.7. The van der Waals surface area contributed by atoms with Gasteiger partial charge in [-0.15, -0.1) is 0 Å². The Hall–Kier alpha value is -1.37. The predicted molar refractivity (Wildman–Crippen MR) is 161 cm³/mol. The van der Waals surface area contributed by atoms with Crippen molar-refractivity contribution < 1.29 is 109 Å². The molecule has 4 saturated heterocycles. The number of ether oxygens (including phenoxy) is 8. The number of carbonyl (C=O) groups is 1. The lowest BCUT2D eigenvalue weighted by Crippen LogP contribution is -2.68. The zero-order chi connectivity index (χ0) is 38.4. The molecule has 0 aromatic heterocycles. The fourth-order valence-corrected chi connectivity index (χ4v) is 6.26. The molecule has 0 bridgehead atoms. The van der Waals surface area contributed by atoms with Gasteiger partial charge in [-0.05, 0) is 25.8 Å². The summed E-state index contributed by atoms with van der Waals surface area (Å²) in [5.41, 5.74) is 5.46. The van der Waals surface area contributed by atoms with Gasteiger partial charge in [-0.2, -0.15) is 0 Å². The number of aliphatic carboxylic acids is 1. The Morgan fingerprint density at radius 3 is 1.42 bits per heavy atom. The monoisotopic (exact) mass is 765 g/mol. The number of nitrogens with two attached hydrogens (primary N) is 1. The van der Waals surface area contributed by atoms with E-state index in [-0.39, 0.29) is 6.61 Å². The molecule has 52 heavy (non-hydrogen) atoms. The van der Waals surface area contributed by atoms with Crippen molar-refractivity contribution in [2.45, 2.75) is 142 Å². The number of hydrogen-bond donors (Lipinski definition) is 14. The van der Waals surface area contributed by atoms with Gasteiger partial charge in [-0.25, -0.2) is 4.79 Å². The van der Waals surface area contributed by atoms with Gasteiger partial charge in [0.05, 0.1) is 19.8 Å². The quantitative estimate of drug-likeness (QED) is 0.0649. The third-order valence-corrected chi connectivity index (χ3v) is 9.28. The first-order valence-electron chi connectivity index (χ1n) is 16.8. The number of unbranched alkanes of at least 4 members (excludes halogenated alkanes) is 2. The van der Waals surface area contributed by atoms with Crippen LogP contribution in [0.5, 0.6) is 0 Å². The van der Waals surface area contributed by atoms with Crippen molar-refractivity contribution in [3.8, 4) is 0 Å². The number of rotatable bonds is 16. The van der Waals surface area contributed by atoms with Crippen LogP contribution in [0.2, 0.25) is 0 Å². The Morgan fingerprint density at radius 2 is 0.923 bits per heavy atom. The molecular formula is C29H51NO22. The minimum atomic E-state index is -2.20. The van der Waals surface area contributed by atoms with Gasteiger partial charge in [0.25, 0.3) is 0 Å². The van der Waals surface area contributed by atoms with Crippen LogP contribution in [0.1, 0.15) is 19.3 Å². The van der Waals surface area contributed by atoms with Crippen molar-refractivity contribution in [3.63, 3.8) is 0 Å². The summed E-state index contributed by atoms with van der Waals surface area (Å²) in [6.45, 7) is -1.97. The summed E-state index contributed by atoms with van der Waals surface area (Å²) in [6, 6.07) is 0. The Morgan fingerprint density at radius 1 is 0.500 bits per heavy atom. The van der Waals surface area contributed by atoms with Gasteiger partial charge in [0, 0.05) is 6.61 Å². The number of aliphatic hydroxyl groups excluding tert-OH is 12. The van der Waals surface area contributed by atoms with E-state index in [0.717, 1.165) is 12.8 Å². The molecule has 15 N–H and O–H groups in total. The van der Waals surface area contributed by atoms with Gasteiger partial charge >= 0.3 is 5.97 Å². The van der Waals surface area contributed by atoms with Crippen molar-refractivity contribution in [2.75, 3.05) is 33.0 Å². The molecule has 0 saturated carbocycles. The van der Waals surface area contributed by atoms with Crippen LogP contribution >= 0.6 is 0 Å². The Labute approximate surface area is 296 Å². The molecule has 23 heteroatoms. The van der Waals surface area contributed by atoms with Crippen LogP contribution < -0.4 is 5.73 Å². The van der Waals surface area contributed by atoms with Gasteiger partial charge in [0.2, 0.25) is 0 Å². The molecule has 23 nitrogen and oxygen atoms in total. The topological polar surface area (TPSA) is 380 Å². The minimum absolute atomic E-state index is 0.123. The van der Waals surface area contributed by atoms with Gasteiger partial charge in [-0.1, -0.05) is 0 Å². The van der Waals surface area contributed by atoms with Crippen LogP contribution in [0.4, 0.5) is 0 Å². The third-order valence-electron chi connectivity index (χ3n) is 9.28. The highest BCUT2D eigenvalue weighted by molar-refractivity contribution is 5.73. The molecule has 8 unspecified atom stereocenters. The van der Waals surface area contributed by atoms with Crippen LogP contribution in [-0.4, -0.2) is 228 Å². The molecule has 0 aliphatic carbocycles. The zero-order valence-corrected chi connectivity index (χ0v) is 27.8. The van der Waals surface area contributed by atoms with E-state index in [4.69, 9.17) is 43.6 Å². The molecule has 4 fully saturated rings. The number of aliphatic hydroxyl groups is 12. The molecule has 4 aliphatic heterocycles. The number of carboxylic acid groups (broad SMARTS) is 1. The molecule has 4 rings (SSSR count). The SMILES string of the molecule is NCCCCCO[C@@H]1OC(CO)[C@@H](O[C@@H]2OC(C(=O)O)[C@@H](O[C@H]3OC(CO)[C@H](O[C@H]4OC(CO)[C@@H](O)[C@H](O)C4O)[C@H](O)C3O)[C@H](O)C2O)[C@H](O)C1O. The lowest BCUT2D eigenvalue weighted by Gasteiger charge is -2.48. The second-order valence-corrected chi connectivity index (χ2v) is 12.9. The van der Waals surface area contributed by atoms with Crippen LogP contribution in [-0.2, 0) is 42.7 Å². The summed E-state index contributed by atoms with van der Waals surface area (Å²) in [7, 11) is 0. The largest absolute Gasteiger partial charge is 0.479 e.